The van der Waals surface area contributed by atoms with Crippen LogP contribution < -0.4 is 5.32 Å². The molecular weight excluding hydrogens is 252 g/mol. The highest BCUT2D eigenvalue weighted by Crippen LogP contribution is 2.21. The Kier molecular flexibility index (Phi) is 4.96. The van der Waals surface area contributed by atoms with E-state index in [1.54, 1.807) is 6.08 Å². The van der Waals surface area contributed by atoms with Crippen LogP contribution in [0.3, 0.4) is 0 Å². The maximum absolute atomic E-state index is 12.2. The van der Waals surface area contributed by atoms with Gasteiger partial charge in [0, 0.05) is 12.7 Å². The number of fused-ring (bicyclic) bond motifs is 1. The lowest BCUT2D eigenvalue weighted by Gasteiger charge is -2.15. The van der Waals surface area contributed by atoms with Crippen molar-refractivity contribution in [2.24, 2.45) is 0 Å². The van der Waals surface area contributed by atoms with Gasteiger partial charge in [-0.2, -0.15) is 0 Å². The van der Waals surface area contributed by atoms with Gasteiger partial charge in [-0.3, -0.25) is 0 Å². The van der Waals surface area contributed by atoms with Crippen LogP contribution in [0.4, 0.5) is 0 Å². The second kappa shape index (κ2) is 6.91. The molecule has 0 fully saturated rings. The summed E-state index contributed by atoms with van der Waals surface area (Å²) in [5.41, 5.74) is 2.35. The number of dihydropyridines is 1. The molecule has 0 aromatic carbocycles. The second-order valence-corrected chi connectivity index (χ2v) is 4.93. The fourth-order valence-electron chi connectivity index (χ4n) is 2.01. The van der Waals surface area contributed by atoms with E-state index in [-0.39, 0.29) is 5.97 Å². The van der Waals surface area contributed by atoms with E-state index in [9.17, 15) is 4.79 Å². The molecule has 2 rings (SSSR count). The Labute approximate surface area is 119 Å². The molecule has 0 saturated carbocycles. The first kappa shape index (κ1) is 14.3. The molecule has 4 nitrogen and oxygen atoms in total. The largest absolute Gasteiger partial charge is 0.462 e. The fraction of sp³-hybridized carbons (Fsp3) is 0.312. The Morgan fingerprint density at radius 1 is 1.25 bits per heavy atom. The summed E-state index contributed by atoms with van der Waals surface area (Å²) in [5, 5.41) is 3.12. The summed E-state index contributed by atoms with van der Waals surface area (Å²) >= 11 is 0. The average Bonchev–Trinajstić information content (AvgIpc) is 2.65. The molecule has 0 saturated heterocycles. The van der Waals surface area contributed by atoms with E-state index in [4.69, 9.17) is 4.74 Å². The van der Waals surface area contributed by atoms with Crippen molar-refractivity contribution in [2.75, 3.05) is 27.2 Å². The van der Waals surface area contributed by atoms with Gasteiger partial charge in [0.05, 0.1) is 17.9 Å². The van der Waals surface area contributed by atoms with Gasteiger partial charge in [0.1, 0.15) is 0 Å². The molecule has 0 amide bonds. The van der Waals surface area contributed by atoms with Crippen LogP contribution in [0.15, 0.2) is 59.5 Å². The zero-order chi connectivity index (χ0) is 14.4. The van der Waals surface area contributed by atoms with E-state index in [0.29, 0.717) is 12.2 Å². The maximum Gasteiger partial charge on any atom is 0.340 e. The number of carbonyl (C=O) groups is 1. The molecule has 1 aliphatic carbocycles. The SMILES string of the molecule is CN(C)CCCOC(=O)C1=C2NC=CC=C2C=CC=C1. The molecule has 0 atom stereocenters. The smallest absolute Gasteiger partial charge is 0.340 e. The summed E-state index contributed by atoms with van der Waals surface area (Å²) in [6.07, 6.45) is 14.0. The van der Waals surface area contributed by atoms with Crippen LogP contribution in [0.25, 0.3) is 0 Å². The van der Waals surface area contributed by atoms with Gasteiger partial charge in [0.15, 0.2) is 0 Å². The lowest BCUT2D eigenvalue weighted by Crippen LogP contribution is -2.19. The van der Waals surface area contributed by atoms with Crippen molar-refractivity contribution >= 4 is 5.97 Å². The monoisotopic (exact) mass is 272 g/mol. The topological polar surface area (TPSA) is 41.6 Å². The average molecular weight is 272 g/mol. The predicted molar refractivity (Wildman–Crippen MR) is 79.8 cm³/mol. The van der Waals surface area contributed by atoms with Crippen LogP contribution in [-0.4, -0.2) is 38.1 Å². The van der Waals surface area contributed by atoms with Crippen molar-refractivity contribution in [2.45, 2.75) is 6.42 Å². The summed E-state index contributed by atoms with van der Waals surface area (Å²) in [7, 11) is 4.00. The molecule has 0 aromatic heterocycles. The number of nitrogens with one attached hydrogen (secondary N) is 1. The molecule has 0 unspecified atom stereocenters. The van der Waals surface area contributed by atoms with Crippen LogP contribution in [0.5, 0.6) is 0 Å². The van der Waals surface area contributed by atoms with Crippen molar-refractivity contribution in [3.63, 3.8) is 0 Å². The summed E-state index contributed by atoms with van der Waals surface area (Å²) in [4.78, 5) is 14.3. The van der Waals surface area contributed by atoms with Crippen molar-refractivity contribution in [1.82, 2.24) is 10.2 Å². The molecule has 20 heavy (non-hydrogen) atoms. The highest BCUT2D eigenvalue weighted by molar-refractivity contribution is 5.94. The minimum atomic E-state index is -0.285. The highest BCUT2D eigenvalue weighted by Gasteiger charge is 2.18. The zero-order valence-corrected chi connectivity index (χ0v) is 11.9. The Morgan fingerprint density at radius 2 is 2.05 bits per heavy atom. The lowest BCUT2D eigenvalue weighted by molar-refractivity contribution is -0.138. The van der Waals surface area contributed by atoms with Crippen LogP contribution >= 0.6 is 0 Å². The summed E-state index contributed by atoms with van der Waals surface area (Å²) in [6.45, 7) is 1.34. The minimum Gasteiger partial charge on any atom is -0.462 e. The van der Waals surface area contributed by atoms with E-state index in [0.717, 1.165) is 24.2 Å². The van der Waals surface area contributed by atoms with Crippen molar-refractivity contribution in [1.29, 1.82) is 0 Å². The molecule has 1 aliphatic heterocycles. The summed E-state index contributed by atoms with van der Waals surface area (Å²) in [6, 6.07) is 0. The third-order valence-corrected chi connectivity index (χ3v) is 3.01. The molecule has 1 N–H and O–H groups in total. The molecule has 106 valence electrons. The summed E-state index contributed by atoms with van der Waals surface area (Å²) < 4.78 is 5.34. The zero-order valence-electron chi connectivity index (χ0n) is 11.9. The van der Waals surface area contributed by atoms with E-state index in [2.05, 4.69) is 10.2 Å². The van der Waals surface area contributed by atoms with E-state index in [1.165, 1.54) is 0 Å². The van der Waals surface area contributed by atoms with Crippen LogP contribution in [-0.2, 0) is 9.53 Å². The number of esters is 1. The number of nitrogens with zero attached hydrogens (tertiary/aromatic N) is 1. The third-order valence-electron chi connectivity index (χ3n) is 3.01. The molecule has 0 radical (unpaired) electrons. The number of rotatable bonds is 5. The van der Waals surface area contributed by atoms with Gasteiger partial charge in [-0.05, 0) is 38.2 Å². The molecule has 2 aliphatic rings. The van der Waals surface area contributed by atoms with Gasteiger partial charge >= 0.3 is 5.97 Å². The Hall–Kier alpha value is -2.07. The second-order valence-electron chi connectivity index (χ2n) is 4.93. The molecule has 1 heterocycles. The van der Waals surface area contributed by atoms with Crippen molar-refractivity contribution in [3.8, 4) is 0 Å². The maximum atomic E-state index is 12.2. The highest BCUT2D eigenvalue weighted by atomic mass is 16.5. The summed E-state index contributed by atoms with van der Waals surface area (Å²) in [5.74, 6) is -0.285. The first-order valence-electron chi connectivity index (χ1n) is 6.73. The lowest BCUT2D eigenvalue weighted by atomic mass is 10.1. The quantitative estimate of drug-likeness (QED) is 0.613. The standard InChI is InChI=1S/C16H20N2O2/c1-18(2)11-6-12-20-16(19)14-9-4-3-7-13-8-5-10-17-15(13)14/h3-5,7-10,17H,6,11-12H2,1-2H3. The van der Waals surface area contributed by atoms with E-state index < -0.39 is 0 Å². The number of ether oxygens (including phenoxy) is 1. The van der Waals surface area contributed by atoms with Crippen LogP contribution in [0.2, 0.25) is 0 Å². The van der Waals surface area contributed by atoms with Crippen molar-refractivity contribution in [3.05, 3.63) is 59.5 Å². The molecule has 0 spiro atoms. The molecule has 0 aromatic rings. The van der Waals surface area contributed by atoms with E-state index >= 15 is 0 Å². The number of hydrogen-bond acceptors (Lipinski definition) is 4. The number of hydrogen-bond donors (Lipinski definition) is 1. The van der Waals surface area contributed by atoms with Gasteiger partial charge in [0.2, 0.25) is 0 Å². The number of allylic oxidation sites excluding steroid dienone is 5. The number of carbonyl (C=O) groups excluding carboxylic acids is 1. The van der Waals surface area contributed by atoms with E-state index in [1.807, 2.05) is 50.7 Å². The predicted octanol–water partition coefficient (Wildman–Crippen LogP) is 1.90. The Balaban J connectivity index is 2.03. The normalized spacial score (nSPS) is 16.6. The fourth-order valence-corrected chi connectivity index (χ4v) is 2.01. The Morgan fingerprint density at radius 3 is 2.85 bits per heavy atom. The van der Waals surface area contributed by atoms with Gasteiger partial charge < -0.3 is 15.0 Å². The first-order chi connectivity index (χ1) is 9.68. The van der Waals surface area contributed by atoms with Gasteiger partial charge in [-0.1, -0.05) is 24.3 Å². The Bertz CT molecular complexity index is 523. The minimum absolute atomic E-state index is 0.285. The molecule has 4 heteroatoms. The van der Waals surface area contributed by atoms with Crippen LogP contribution in [0, 0.1) is 0 Å². The first-order valence-corrected chi connectivity index (χ1v) is 6.73. The van der Waals surface area contributed by atoms with Gasteiger partial charge in [-0.15, -0.1) is 0 Å². The van der Waals surface area contributed by atoms with Crippen molar-refractivity contribution < 1.29 is 9.53 Å². The third kappa shape index (κ3) is 3.71. The molecule has 0 bridgehead atoms. The van der Waals surface area contributed by atoms with Crippen LogP contribution in [0.1, 0.15) is 6.42 Å². The van der Waals surface area contributed by atoms with Gasteiger partial charge in [-0.25, -0.2) is 4.79 Å². The van der Waals surface area contributed by atoms with Gasteiger partial charge in [0.25, 0.3) is 0 Å². The molecular formula is C16H20N2O2.